The number of amides is 1. The Balaban J connectivity index is 1.20. The maximum Gasteiger partial charge on any atom is 0.253 e. The fourth-order valence-electron chi connectivity index (χ4n) is 4.98. The van der Waals surface area contributed by atoms with E-state index < -0.39 is 10.0 Å². The van der Waals surface area contributed by atoms with E-state index in [-0.39, 0.29) is 24.0 Å². The second-order valence-corrected chi connectivity index (χ2v) is 12.8. The first-order valence-corrected chi connectivity index (χ1v) is 14.6. The number of hydrogen-bond acceptors (Lipinski definition) is 9. The first-order valence-electron chi connectivity index (χ1n) is 11.1. The van der Waals surface area contributed by atoms with Crippen LogP contribution in [0.5, 0.6) is 0 Å². The van der Waals surface area contributed by atoms with Crippen LogP contribution in [0.4, 0.5) is 10.9 Å². The number of sulfonamides is 1. The Bertz CT molecular complexity index is 1300. The van der Waals surface area contributed by atoms with Crippen molar-refractivity contribution in [2.24, 2.45) is 0 Å². The molecule has 0 saturated carbocycles. The van der Waals surface area contributed by atoms with Gasteiger partial charge in [-0.1, -0.05) is 0 Å². The van der Waals surface area contributed by atoms with Gasteiger partial charge < -0.3 is 10.6 Å². The maximum atomic E-state index is 12.8. The molecule has 34 heavy (non-hydrogen) atoms. The standard InChI is InChI=1S/C22H26N6O3S3/c1-12-20(33-13(2)24-12)18-11-32-22(26-18)27-19-7-4-14(10-23-19)21(29)25-15-8-16-5-6-17(9-15)28(16)34(3,30)31/h4,7,10-11,15-17H,5-6,8-9H2,1-3H3,(H,25,29)(H,23,26,27)/t15-,16+,17-. The second-order valence-electron chi connectivity index (χ2n) is 8.86. The highest BCUT2D eigenvalue weighted by Crippen LogP contribution is 2.37. The van der Waals surface area contributed by atoms with Crippen molar-refractivity contribution in [3.8, 4) is 10.6 Å². The van der Waals surface area contributed by atoms with Crippen LogP contribution in [-0.2, 0) is 10.0 Å². The zero-order valence-electron chi connectivity index (χ0n) is 19.1. The summed E-state index contributed by atoms with van der Waals surface area (Å²) in [5.74, 6) is 0.415. The van der Waals surface area contributed by atoms with Gasteiger partial charge in [0.05, 0.1) is 33.1 Å². The minimum absolute atomic E-state index is 0.0235. The molecule has 0 unspecified atom stereocenters. The summed E-state index contributed by atoms with van der Waals surface area (Å²) in [5, 5.41) is 9.99. The first kappa shape index (κ1) is 23.3. The molecule has 3 aromatic heterocycles. The predicted octanol–water partition coefficient (Wildman–Crippen LogP) is 3.71. The van der Waals surface area contributed by atoms with Gasteiger partial charge in [0.15, 0.2) is 5.13 Å². The maximum absolute atomic E-state index is 12.8. The molecule has 5 heterocycles. The lowest BCUT2D eigenvalue weighted by molar-refractivity contribution is 0.0909. The van der Waals surface area contributed by atoms with Crippen LogP contribution in [0.2, 0.25) is 0 Å². The highest BCUT2D eigenvalue weighted by Gasteiger charge is 2.45. The van der Waals surface area contributed by atoms with Crippen LogP contribution < -0.4 is 10.6 Å². The Kier molecular flexibility index (Phi) is 6.17. The molecule has 0 aliphatic carbocycles. The number of nitrogens with one attached hydrogen (secondary N) is 2. The number of carbonyl (C=O) groups is 1. The van der Waals surface area contributed by atoms with Crippen molar-refractivity contribution in [1.82, 2.24) is 24.6 Å². The number of fused-ring (bicyclic) bond motifs is 2. The van der Waals surface area contributed by atoms with Gasteiger partial charge in [-0.15, -0.1) is 22.7 Å². The fourth-order valence-corrected chi connectivity index (χ4v) is 8.11. The summed E-state index contributed by atoms with van der Waals surface area (Å²) in [6, 6.07) is 3.41. The number of hydrogen-bond donors (Lipinski definition) is 2. The number of anilines is 2. The Morgan fingerprint density at radius 1 is 1.15 bits per heavy atom. The highest BCUT2D eigenvalue weighted by molar-refractivity contribution is 7.88. The molecule has 2 aliphatic rings. The minimum Gasteiger partial charge on any atom is -0.349 e. The third kappa shape index (κ3) is 4.72. The van der Waals surface area contributed by atoms with E-state index in [9.17, 15) is 13.2 Å². The molecule has 2 fully saturated rings. The van der Waals surface area contributed by atoms with Crippen molar-refractivity contribution in [2.45, 2.75) is 57.7 Å². The van der Waals surface area contributed by atoms with E-state index in [1.54, 1.807) is 34.0 Å². The molecular weight excluding hydrogens is 492 g/mol. The highest BCUT2D eigenvalue weighted by atomic mass is 32.2. The van der Waals surface area contributed by atoms with Gasteiger partial charge in [-0.05, 0) is 51.7 Å². The molecule has 9 nitrogen and oxygen atoms in total. The summed E-state index contributed by atoms with van der Waals surface area (Å²) in [6.45, 7) is 3.97. The van der Waals surface area contributed by atoms with E-state index in [2.05, 4.69) is 25.6 Å². The van der Waals surface area contributed by atoms with Crippen LogP contribution in [0.1, 0.15) is 46.7 Å². The summed E-state index contributed by atoms with van der Waals surface area (Å²) in [7, 11) is -3.22. The van der Waals surface area contributed by atoms with Crippen molar-refractivity contribution >= 4 is 49.6 Å². The Hall–Kier alpha value is -2.41. The molecule has 5 rings (SSSR count). The third-order valence-corrected chi connectivity index (χ3v) is 9.50. The van der Waals surface area contributed by atoms with Gasteiger partial charge >= 0.3 is 0 Å². The first-order chi connectivity index (χ1) is 16.2. The molecule has 1 amide bonds. The number of pyridine rings is 1. The van der Waals surface area contributed by atoms with Crippen molar-refractivity contribution in [3.05, 3.63) is 40.0 Å². The second kappa shape index (κ2) is 8.99. The molecule has 2 aliphatic heterocycles. The molecule has 3 aromatic rings. The number of nitrogens with zero attached hydrogens (tertiary/aromatic N) is 4. The quantitative estimate of drug-likeness (QED) is 0.511. The van der Waals surface area contributed by atoms with E-state index in [0.29, 0.717) is 24.2 Å². The van der Waals surface area contributed by atoms with E-state index >= 15 is 0 Å². The van der Waals surface area contributed by atoms with Crippen molar-refractivity contribution in [3.63, 3.8) is 0 Å². The number of thiazole rings is 2. The smallest absolute Gasteiger partial charge is 0.253 e. The van der Waals surface area contributed by atoms with Crippen LogP contribution in [0.15, 0.2) is 23.7 Å². The molecule has 0 spiro atoms. The largest absolute Gasteiger partial charge is 0.349 e. The Morgan fingerprint density at radius 3 is 2.47 bits per heavy atom. The van der Waals surface area contributed by atoms with Crippen molar-refractivity contribution < 1.29 is 13.2 Å². The van der Waals surface area contributed by atoms with Crippen LogP contribution in [0, 0.1) is 13.8 Å². The Labute approximate surface area is 206 Å². The predicted molar refractivity (Wildman–Crippen MR) is 134 cm³/mol. The number of rotatable bonds is 6. The summed E-state index contributed by atoms with van der Waals surface area (Å²) >= 11 is 3.11. The summed E-state index contributed by atoms with van der Waals surface area (Å²) in [4.78, 5) is 27.3. The van der Waals surface area contributed by atoms with Gasteiger partial charge in [0.2, 0.25) is 10.0 Å². The molecule has 0 radical (unpaired) electrons. The molecule has 0 aromatic carbocycles. The van der Waals surface area contributed by atoms with E-state index in [1.165, 1.54) is 17.6 Å². The summed E-state index contributed by atoms with van der Waals surface area (Å²) in [6.07, 6.45) is 5.82. The van der Waals surface area contributed by atoms with Gasteiger partial charge in [-0.25, -0.2) is 23.4 Å². The summed E-state index contributed by atoms with van der Waals surface area (Å²) in [5.41, 5.74) is 2.34. The van der Waals surface area contributed by atoms with Gasteiger partial charge in [-0.3, -0.25) is 4.79 Å². The normalized spacial score (nSPS) is 22.6. The number of carbonyl (C=O) groups excluding carboxylic acids is 1. The number of aryl methyl sites for hydroxylation is 2. The topological polar surface area (TPSA) is 117 Å². The summed E-state index contributed by atoms with van der Waals surface area (Å²) < 4.78 is 25.8. The van der Waals surface area contributed by atoms with Gasteiger partial charge in [0.25, 0.3) is 5.91 Å². The lowest BCUT2D eigenvalue weighted by Crippen LogP contribution is -2.52. The molecule has 2 bridgehead atoms. The average molecular weight is 519 g/mol. The van der Waals surface area contributed by atoms with E-state index in [4.69, 9.17) is 0 Å². The van der Waals surface area contributed by atoms with Gasteiger partial charge in [-0.2, -0.15) is 4.31 Å². The van der Waals surface area contributed by atoms with Crippen LogP contribution in [-0.4, -0.2) is 58.0 Å². The molecule has 3 atom stereocenters. The SMILES string of the molecule is Cc1nc(C)c(-c2csc(Nc3ccc(C(=O)N[C@H]4C[C@H]5CC[C@@H](C4)N5S(C)(=O)=O)cn3)n2)s1. The molecule has 2 N–H and O–H groups in total. The molecule has 12 heteroatoms. The van der Waals surface area contributed by atoms with Crippen LogP contribution >= 0.6 is 22.7 Å². The lowest BCUT2D eigenvalue weighted by Gasteiger charge is -2.37. The lowest BCUT2D eigenvalue weighted by atomic mass is 9.99. The number of aromatic nitrogens is 3. The molecule has 2 saturated heterocycles. The minimum atomic E-state index is -3.22. The molecule has 180 valence electrons. The average Bonchev–Trinajstić information content (AvgIpc) is 3.44. The fraction of sp³-hybridized carbons (Fsp3) is 0.455. The zero-order valence-corrected chi connectivity index (χ0v) is 21.6. The number of piperidine rings is 1. The van der Waals surface area contributed by atoms with Gasteiger partial charge in [0.1, 0.15) is 5.82 Å². The zero-order chi connectivity index (χ0) is 24.0. The van der Waals surface area contributed by atoms with Gasteiger partial charge in [0, 0.05) is 29.7 Å². The monoisotopic (exact) mass is 518 g/mol. The van der Waals surface area contributed by atoms with Crippen LogP contribution in [0.3, 0.4) is 0 Å². The third-order valence-electron chi connectivity index (χ3n) is 6.29. The molecular formula is C22H26N6O3S3. The van der Waals surface area contributed by atoms with Crippen molar-refractivity contribution in [1.29, 1.82) is 0 Å². The van der Waals surface area contributed by atoms with Crippen molar-refractivity contribution in [2.75, 3.05) is 11.6 Å². The van der Waals surface area contributed by atoms with Crippen LogP contribution in [0.25, 0.3) is 10.6 Å². The van der Waals surface area contributed by atoms with E-state index in [1.807, 2.05) is 19.2 Å². The van der Waals surface area contributed by atoms with E-state index in [0.717, 1.165) is 39.2 Å². The Morgan fingerprint density at radius 2 is 1.88 bits per heavy atom.